The number of carboxylic acids is 1. The average Bonchev–Trinajstić information content (AvgIpc) is 3.01. The van der Waals surface area contributed by atoms with E-state index in [2.05, 4.69) is 25.7 Å². The van der Waals surface area contributed by atoms with Gasteiger partial charge >= 0.3 is 12.0 Å². The monoisotopic (exact) mass is 342 g/mol. The van der Waals surface area contributed by atoms with Gasteiger partial charge in [0.1, 0.15) is 12.3 Å². The largest absolute Gasteiger partial charge is 0.495 e. The van der Waals surface area contributed by atoms with Crippen molar-refractivity contribution in [1.29, 1.82) is 0 Å². The van der Waals surface area contributed by atoms with Gasteiger partial charge in [-0.1, -0.05) is 0 Å². The van der Waals surface area contributed by atoms with Gasteiger partial charge in [0.25, 0.3) is 0 Å². The Balaban J connectivity index is 1.81. The van der Waals surface area contributed by atoms with Crippen LogP contribution in [0.15, 0.2) is 36.8 Å². The highest BCUT2D eigenvalue weighted by Gasteiger charge is 2.09. The number of pyridine rings is 1. The molecular weight excluding hydrogens is 328 g/mol. The maximum atomic E-state index is 11.6. The Hall–Kier alpha value is -3.69. The lowest BCUT2D eigenvalue weighted by molar-refractivity contribution is -0.135. The quantitative estimate of drug-likeness (QED) is 0.630. The lowest BCUT2D eigenvalue weighted by atomic mass is 10.2. The molecule has 0 aliphatic rings. The Morgan fingerprint density at radius 1 is 1.32 bits per heavy atom. The molecule has 0 aromatic carbocycles. The molecule has 10 nitrogen and oxygen atoms in total. The number of carbonyl (C=O) groups is 2. The predicted molar refractivity (Wildman–Crippen MR) is 87.4 cm³/mol. The number of rotatable bonds is 5. The van der Waals surface area contributed by atoms with Crippen LogP contribution in [-0.2, 0) is 4.79 Å². The molecule has 10 heteroatoms. The smallest absolute Gasteiger partial charge is 0.323 e. The Labute approximate surface area is 141 Å². The van der Waals surface area contributed by atoms with E-state index in [1.54, 1.807) is 37.7 Å². The van der Waals surface area contributed by atoms with E-state index in [0.29, 0.717) is 17.1 Å². The number of carbonyl (C=O) groups excluding carboxylic acids is 1. The number of ether oxygens (including phenoxy) is 1. The van der Waals surface area contributed by atoms with Gasteiger partial charge in [-0.2, -0.15) is 5.10 Å². The van der Waals surface area contributed by atoms with Gasteiger partial charge < -0.3 is 15.2 Å². The van der Waals surface area contributed by atoms with Crippen LogP contribution >= 0.6 is 0 Å². The Bertz CT molecular complexity index is 939. The zero-order chi connectivity index (χ0) is 17.8. The number of amides is 2. The fraction of sp³-hybridized carbons (Fsp3) is 0.133. The highest BCUT2D eigenvalue weighted by Crippen LogP contribution is 2.21. The first-order valence-corrected chi connectivity index (χ1v) is 7.17. The van der Waals surface area contributed by atoms with Crippen molar-refractivity contribution in [2.45, 2.75) is 0 Å². The molecule has 3 N–H and O–H groups in total. The number of aromatic nitrogens is 4. The van der Waals surface area contributed by atoms with Crippen LogP contribution in [-0.4, -0.2) is 50.3 Å². The molecule has 0 spiro atoms. The summed E-state index contributed by atoms with van der Waals surface area (Å²) in [7, 11) is 1.56. The summed E-state index contributed by atoms with van der Waals surface area (Å²) in [4.78, 5) is 30.3. The van der Waals surface area contributed by atoms with Gasteiger partial charge in [0.15, 0.2) is 11.5 Å². The van der Waals surface area contributed by atoms with Gasteiger partial charge in [-0.15, -0.1) is 0 Å². The van der Waals surface area contributed by atoms with E-state index in [-0.39, 0.29) is 5.82 Å². The van der Waals surface area contributed by atoms with Crippen LogP contribution in [0, 0.1) is 0 Å². The van der Waals surface area contributed by atoms with Crippen molar-refractivity contribution in [3.8, 4) is 17.0 Å². The third-order valence-corrected chi connectivity index (χ3v) is 3.21. The molecule has 3 aromatic rings. The first-order valence-electron chi connectivity index (χ1n) is 7.17. The molecule has 0 unspecified atom stereocenters. The molecular formula is C15H14N6O4. The minimum Gasteiger partial charge on any atom is -0.495 e. The maximum absolute atomic E-state index is 11.6. The number of nitrogens with zero attached hydrogens (tertiary/aromatic N) is 4. The van der Waals surface area contributed by atoms with E-state index in [1.807, 2.05) is 0 Å². The highest BCUT2D eigenvalue weighted by atomic mass is 16.5. The van der Waals surface area contributed by atoms with Crippen molar-refractivity contribution >= 4 is 23.5 Å². The number of aliphatic carboxylic acids is 1. The molecule has 0 fully saturated rings. The van der Waals surface area contributed by atoms with Crippen molar-refractivity contribution in [3.05, 3.63) is 36.8 Å². The van der Waals surface area contributed by atoms with E-state index in [9.17, 15) is 9.59 Å². The predicted octanol–water partition coefficient (Wildman–Crippen LogP) is 1.01. The highest BCUT2D eigenvalue weighted by molar-refractivity contribution is 5.90. The Kier molecular flexibility index (Phi) is 4.42. The molecule has 0 radical (unpaired) electrons. The number of anilines is 1. The SMILES string of the molecule is COc1cncc(-c2ccc3nc(NC(=O)NCC(=O)O)cn3n2)c1. The number of imidazole rings is 1. The second-order valence-corrected chi connectivity index (χ2v) is 4.96. The lowest BCUT2D eigenvalue weighted by Crippen LogP contribution is -2.33. The van der Waals surface area contributed by atoms with Crippen LogP contribution in [0.5, 0.6) is 5.75 Å². The number of methoxy groups -OCH3 is 1. The molecule has 0 saturated carbocycles. The third-order valence-electron chi connectivity index (χ3n) is 3.21. The second kappa shape index (κ2) is 6.83. The van der Waals surface area contributed by atoms with E-state index < -0.39 is 18.5 Å². The number of hydrogen-bond donors (Lipinski definition) is 3. The van der Waals surface area contributed by atoms with Crippen LogP contribution in [0.3, 0.4) is 0 Å². The maximum Gasteiger partial charge on any atom is 0.323 e. The lowest BCUT2D eigenvalue weighted by Gasteiger charge is -2.03. The molecule has 3 heterocycles. The number of fused-ring (bicyclic) bond motifs is 1. The number of carboxylic acid groups (broad SMARTS) is 1. The van der Waals surface area contributed by atoms with Crippen LogP contribution in [0.25, 0.3) is 16.9 Å². The van der Waals surface area contributed by atoms with E-state index in [0.717, 1.165) is 5.56 Å². The molecule has 0 aliphatic carbocycles. The molecule has 0 saturated heterocycles. The summed E-state index contributed by atoms with van der Waals surface area (Å²) in [5.74, 6) is -0.276. The standard InChI is InChI=1S/C15H14N6O4/c1-25-10-4-9(5-16-6-10)11-2-3-13-18-12(8-21(13)20-11)19-15(24)17-7-14(22)23/h2-6,8H,7H2,1H3,(H,22,23)(H2,17,19,24). The minimum atomic E-state index is -1.14. The molecule has 0 bridgehead atoms. The van der Waals surface area contributed by atoms with E-state index >= 15 is 0 Å². The first-order chi connectivity index (χ1) is 12.0. The van der Waals surface area contributed by atoms with E-state index in [4.69, 9.17) is 9.84 Å². The van der Waals surface area contributed by atoms with Gasteiger partial charge in [-0.25, -0.2) is 14.3 Å². The molecule has 3 rings (SSSR count). The van der Waals surface area contributed by atoms with Gasteiger partial charge in [0.2, 0.25) is 0 Å². The van der Waals surface area contributed by atoms with Crippen LogP contribution in [0.4, 0.5) is 10.6 Å². The summed E-state index contributed by atoms with van der Waals surface area (Å²) in [6.07, 6.45) is 4.77. The van der Waals surface area contributed by atoms with Crippen molar-refractivity contribution < 1.29 is 19.4 Å². The number of urea groups is 1. The van der Waals surface area contributed by atoms with Crippen molar-refractivity contribution in [1.82, 2.24) is 24.9 Å². The van der Waals surface area contributed by atoms with Crippen molar-refractivity contribution in [3.63, 3.8) is 0 Å². The average molecular weight is 342 g/mol. The molecule has 3 aromatic heterocycles. The van der Waals surface area contributed by atoms with Crippen molar-refractivity contribution in [2.24, 2.45) is 0 Å². The zero-order valence-electron chi connectivity index (χ0n) is 13.1. The van der Waals surface area contributed by atoms with Crippen LogP contribution in [0.2, 0.25) is 0 Å². The zero-order valence-corrected chi connectivity index (χ0v) is 13.1. The summed E-state index contributed by atoms with van der Waals surface area (Å²) in [6.45, 7) is -0.482. The summed E-state index contributed by atoms with van der Waals surface area (Å²) < 4.78 is 6.65. The van der Waals surface area contributed by atoms with Gasteiger partial charge in [0, 0.05) is 11.8 Å². The fourth-order valence-electron chi connectivity index (χ4n) is 2.08. The molecule has 128 valence electrons. The summed E-state index contributed by atoms with van der Waals surface area (Å²) >= 11 is 0. The third kappa shape index (κ3) is 3.80. The Morgan fingerprint density at radius 2 is 2.16 bits per heavy atom. The molecule has 0 aliphatic heterocycles. The molecule has 0 atom stereocenters. The number of nitrogens with one attached hydrogen (secondary N) is 2. The second-order valence-electron chi connectivity index (χ2n) is 4.96. The fourth-order valence-corrected chi connectivity index (χ4v) is 2.08. The molecule has 2 amide bonds. The Morgan fingerprint density at radius 3 is 2.92 bits per heavy atom. The topological polar surface area (TPSA) is 131 Å². The summed E-state index contributed by atoms with van der Waals surface area (Å²) in [5.41, 5.74) is 1.94. The summed E-state index contributed by atoms with van der Waals surface area (Å²) in [6, 6.07) is 4.65. The number of hydrogen-bond acceptors (Lipinski definition) is 6. The molecule has 25 heavy (non-hydrogen) atoms. The van der Waals surface area contributed by atoms with Gasteiger partial charge in [-0.3, -0.25) is 15.1 Å². The van der Waals surface area contributed by atoms with Gasteiger partial charge in [0.05, 0.1) is 25.2 Å². The first kappa shape index (κ1) is 16.2. The van der Waals surface area contributed by atoms with Gasteiger partial charge in [-0.05, 0) is 18.2 Å². The van der Waals surface area contributed by atoms with Crippen LogP contribution < -0.4 is 15.4 Å². The van der Waals surface area contributed by atoms with E-state index in [1.165, 1.54) is 10.7 Å². The van der Waals surface area contributed by atoms with Crippen LogP contribution in [0.1, 0.15) is 0 Å². The van der Waals surface area contributed by atoms with Crippen molar-refractivity contribution in [2.75, 3.05) is 19.0 Å². The summed E-state index contributed by atoms with van der Waals surface area (Å²) in [5, 5.41) is 17.6. The minimum absolute atomic E-state index is 0.247. The normalized spacial score (nSPS) is 10.4.